The van der Waals surface area contributed by atoms with Crippen molar-refractivity contribution < 1.29 is 14.6 Å². The number of rotatable bonds is 9. The van der Waals surface area contributed by atoms with Gasteiger partial charge < -0.3 is 19.7 Å². The van der Waals surface area contributed by atoms with Crippen LogP contribution < -0.4 is 10.1 Å². The van der Waals surface area contributed by atoms with Crippen molar-refractivity contribution in [3.8, 4) is 17.3 Å². The zero-order valence-electron chi connectivity index (χ0n) is 17.2. The van der Waals surface area contributed by atoms with Gasteiger partial charge in [-0.05, 0) is 48.9 Å². The highest BCUT2D eigenvalue weighted by Crippen LogP contribution is 2.22. The van der Waals surface area contributed by atoms with Crippen molar-refractivity contribution >= 4 is 5.97 Å². The number of para-hydroxylation sites is 1. The zero-order valence-corrected chi connectivity index (χ0v) is 17.2. The van der Waals surface area contributed by atoms with E-state index >= 15 is 0 Å². The Hall–Kier alpha value is -3.84. The highest BCUT2D eigenvalue weighted by atomic mass is 16.5. The molecule has 0 unspecified atom stereocenters. The predicted molar refractivity (Wildman–Crippen MR) is 118 cm³/mol. The summed E-state index contributed by atoms with van der Waals surface area (Å²) in [7, 11) is 0. The maximum Gasteiger partial charge on any atom is 0.341 e. The monoisotopic (exact) mass is 416 g/mol. The Labute approximate surface area is 180 Å². The Kier molecular flexibility index (Phi) is 6.14. The fourth-order valence-electron chi connectivity index (χ4n) is 3.45. The number of carboxylic acids is 1. The highest BCUT2D eigenvalue weighted by molar-refractivity contribution is 5.91. The number of hydrogen-bond donors (Lipinski definition) is 2. The van der Waals surface area contributed by atoms with E-state index in [2.05, 4.69) is 10.4 Å². The largest absolute Gasteiger partial charge is 0.494 e. The quantitative estimate of drug-likeness (QED) is 0.430. The number of nitrogens with zero attached hydrogens (tertiary/aromatic N) is 3. The zero-order chi connectivity index (χ0) is 21.6. The molecule has 0 saturated carbocycles. The van der Waals surface area contributed by atoms with Gasteiger partial charge in [0.1, 0.15) is 11.3 Å². The smallest absolute Gasteiger partial charge is 0.341 e. The summed E-state index contributed by atoms with van der Waals surface area (Å²) in [4.78, 5) is 11.9. The summed E-state index contributed by atoms with van der Waals surface area (Å²) in [6, 6.07) is 21.4. The molecule has 4 rings (SSSR count). The van der Waals surface area contributed by atoms with E-state index in [1.165, 1.54) is 6.20 Å². The summed E-state index contributed by atoms with van der Waals surface area (Å²) in [5.74, 6) is 0.344. The molecule has 0 atom stereocenters. The molecule has 0 fully saturated rings. The topological polar surface area (TPSA) is 81.3 Å². The highest BCUT2D eigenvalue weighted by Gasteiger charge is 2.20. The van der Waals surface area contributed by atoms with Gasteiger partial charge in [0.2, 0.25) is 0 Å². The first-order valence-electron chi connectivity index (χ1n) is 10.1. The van der Waals surface area contributed by atoms with E-state index in [-0.39, 0.29) is 5.56 Å². The molecular formula is C24H24N4O3. The van der Waals surface area contributed by atoms with E-state index in [0.717, 1.165) is 22.7 Å². The molecule has 7 nitrogen and oxygen atoms in total. The number of carbonyl (C=O) groups is 1. The van der Waals surface area contributed by atoms with Crippen LogP contribution in [-0.2, 0) is 13.1 Å². The molecule has 0 aliphatic heterocycles. The summed E-state index contributed by atoms with van der Waals surface area (Å²) in [5.41, 5.74) is 3.02. The standard InChI is InChI=1S/C24H24N4O3/c1-2-31-21-12-10-18(11-13-21)15-25-16-20-9-6-14-27(20)23-22(24(29)30)17-26-28(23)19-7-4-3-5-8-19/h3-14,17,25H,2,15-16H2,1H3,(H,29,30). The van der Waals surface area contributed by atoms with Gasteiger partial charge >= 0.3 is 5.97 Å². The molecule has 2 aromatic carbocycles. The van der Waals surface area contributed by atoms with E-state index in [0.29, 0.717) is 25.5 Å². The van der Waals surface area contributed by atoms with Crippen LogP contribution in [0.15, 0.2) is 79.1 Å². The second kappa shape index (κ2) is 9.32. The lowest BCUT2D eigenvalue weighted by Crippen LogP contribution is -2.17. The van der Waals surface area contributed by atoms with Crippen molar-refractivity contribution in [2.45, 2.75) is 20.0 Å². The third kappa shape index (κ3) is 4.51. The van der Waals surface area contributed by atoms with Gasteiger partial charge in [0.05, 0.1) is 18.5 Å². The van der Waals surface area contributed by atoms with Gasteiger partial charge in [0, 0.05) is 25.0 Å². The summed E-state index contributed by atoms with van der Waals surface area (Å²) < 4.78 is 9.00. The van der Waals surface area contributed by atoms with E-state index in [1.807, 2.05) is 84.4 Å². The molecule has 4 aromatic rings. The third-order valence-corrected chi connectivity index (χ3v) is 4.91. The van der Waals surface area contributed by atoms with Crippen molar-refractivity contribution in [1.82, 2.24) is 19.7 Å². The number of ether oxygens (including phenoxy) is 1. The second-order valence-electron chi connectivity index (χ2n) is 6.98. The van der Waals surface area contributed by atoms with E-state index < -0.39 is 5.97 Å². The number of hydrogen-bond acceptors (Lipinski definition) is 4. The van der Waals surface area contributed by atoms with Crippen LogP contribution in [0.4, 0.5) is 0 Å². The lowest BCUT2D eigenvalue weighted by atomic mass is 10.2. The Morgan fingerprint density at radius 1 is 1.03 bits per heavy atom. The van der Waals surface area contributed by atoms with Crippen molar-refractivity contribution in [3.63, 3.8) is 0 Å². The number of aromatic carboxylic acids is 1. The van der Waals surface area contributed by atoms with Crippen LogP contribution in [0, 0.1) is 0 Å². The Balaban J connectivity index is 1.56. The van der Waals surface area contributed by atoms with Crippen LogP contribution in [-0.4, -0.2) is 32.0 Å². The van der Waals surface area contributed by atoms with Gasteiger partial charge in [-0.15, -0.1) is 0 Å². The molecule has 0 amide bonds. The lowest BCUT2D eigenvalue weighted by molar-refractivity contribution is 0.0697. The summed E-state index contributed by atoms with van der Waals surface area (Å²) >= 11 is 0. The molecule has 7 heteroatoms. The Bertz CT molecular complexity index is 1150. The fraction of sp³-hybridized carbons (Fsp3) is 0.167. The first-order chi connectivity index (χ1) is 15.2. The van der Waals surface area contributed by atoms with Crippen LogP contribution in [0.25, 0.3) is 11.5 Å². The number of nitrogens with one attached hydrogen (secondary N) is 1. The molecule has 0 spiro atoms. The van der Waals surface area contributed by atoms with Gasteiger partial charge in [-0.25, -0.2) is 9.48 Å². The SMILES string of the molecule is CCOc1ccc(CNCc2cccn2-c2c(C(=O)O)cnn2-c2ccccc2)cc1. The van der Waals surface area contributed by atoms with Gasteiger partial charge in [0.25, 0.3) is 0 Å². The number of aromatic nitrogens is 3. The van der Waals surface area contributed by atoms with Crippen molar-refractivity contribution in [2.24, 2.45) is 0 Å². The van der Waals surface area contributed by atoms with Crippen molar-refractivity contribution in [3.05, 3.63) is 95.9 Å². The van der Waals surface area contributed by atoms with Crippen LogP contribution in [0.5, 0.6) is 5.75 Å². The molecule has 0 saturated heterocycles. The average Bonchev–Trinajstić information content (AvgIpc) is 3.42. The Morgan fingerprint density at radius 3 is 2.52 bits per heavy atom. The fourth-order valence-corrected chi connectivity index (χ4v) is 3.45. The van der Waals surface area contributed by atoms with Gasteiger partial charge in [0.15, 0.2) is 5.82 Å². The molecule has 0 aliphatic carbocycles. The van der Waals surface area contributed by atoms with E-state index in [1.54, 1.807) is 4.68 Å². The average molecular weight is 416 g/mol. The van der Waals surface area contributed by atoms with Gasteiger partial charge in [-0.3, -0.25) is 0 Å². The van der Waals surface area contributed by atoms with Crippen LogP contribution in [0.1, 0.15) is 28.5 Å². The maximum atomic E-state index is 11.9. The Morgan fingerprint density at radius 2 is 1.81 bits per heavy atom. The minimum absolute atomic E-state index is 0.146. The third-order valence-electron chi connectivity index (χ3n) is 4.91. The van der Waals surface area contributed by atoms with Crippen molar-refractivity contribution in [1.29, 1.82) is 0 Å². The van der Waals surface area contributed by atoms with Gasteiger partial charge in [-0.2, -0.15) is 5.10 Å². The van der Waals surface area contributed by atoms with Crippen LogP contribution in [0.2, 0.25) is 0 Å². The minimum Gasteiger partial charge on any atom is -0.494 e. The molecule has 0 bridgehead atoms. The van der Waals surface area contributed by atoms with Crippen LogP contribution in [0.3, 0.4) is 0 Å². The normalized spacial score (nSPS) is 10.9. The number of benzene rings is 2. The molecule has 158 valence electrons. The summed E-state index contributed by atoms with van der Waals surface area (Å²) in [6.45, 7) is 3.86. The molecule has 2 aromatic heterocycles. The predicted octanol–water partition coefficient (Wildman–Crippen LogP) is 4.05. The first kappa shape index (κ1) is 20.4. The first-order valence-corrected chi connectivity index (χ1v) is 10.1. The molecule has 2 N–H and O–H groups in total. The van der Waals surface area contributed by atoms with Crippen LogP contribution >= 0.6 is 0 Å². The minimum atomic E-state index is -1.01. The molecule has 31 heavy (non-hydrogen) atoms. The van der Waals surface area contributed by atoms with E-state index in [4.69, 9.17) is 4.74 Å². The molecule has 0 aliphatic rings. The van der Waals surface area contributed by atoms with Gasteiger partial charge in [-0.1, -0.05) is 30.3 Å². The van der Waals surface area contributed by atoms with Crippen molar-refractivity contribution in [2.75, 3.05) is 6.61 Å². The molecule has 0 radical (unpaired) electrons. The summed E-state index contributed by atoms with van der Waals surface area (Å²) in [6.07, 6.45) is 3.25. The lowest BCUT2D eigenvalue weighted by Gasteiger charge is -2.14. The summed E-state index contributed by atoms with van der Waals surface area (Å²) in [5, 5.41) is 17.5. The molecular weight excluding hydrogens is 392 g/mol. The molecule has 2 heterocycles. The number of carboxylic acid groups (broad SMARTS) is 1. The maximum absolute atomic E-state index is 11.9. The second-order valence-corrected chi connectivity index (χ2v) is 6.98. The van der Waals surface area contributed by atoms with E-state index in [9.17, 15) is 9.90 Å².